The zero-order chi connectivity index (χ0) is 37.9. The Labute approximate surface area is 301 Å². The summed E-state index contributed by atoms with van der Waals surface area (Å²) in [6, 6.07) is 5.67. The van der Waals surface area contributed by atoms with Gasteiger partial charge in [-0.05, 0) is 49.8 Å². The van der Waals surface area contributed by atoms with Crippen LogP contribution in [0.1, 0.15) is 96.3 Å². The maximum Gasteiger partial charge on any atom is 0.410 e. The lowest BCUT2D eigenvalue weighted by Gasteiger charge is -2.21. The Morgan fingerprint density at radius 2 is 1.62 bits per heavy atom. The summed E-state index contributed by atoms with van der Waals surface area (Å²) in [5.41, 5.74) is 1.11. The predicted molar refractivity (Wildman–Crippen MR) is 198 cm³/mol. The molecular formula is C35H63N5O9S. The lowest BCUT2D eigenvalue weighted by molar-refractivity contribution is -0.140. The third-order valence-corrected chi connectivity index (χ3v) is 8.58. The molecule has 15 heteroatoms. The summed E-state index contributed by atoms with van der Waals surface area (Å²) in [5, 5.41) is 7.74. The molecule has 1 unspecified atom stereocenters. The zero-order valence-corrected chi connectivity index (χ0v) is 31.5. The van der Waals surface area contributed by atoms with Gasteiger partial charge in [-0.15, -0.1) is 0 Å². The third kappa shape index (κ3) is 17.1. The van der Waals surface area contributed by atoms with Crippen molar-refractivity contribution in [3.05, 3.63) is 29.8 Å². The summed E-state index contributed by atoms with van der Waals surface area (Å²) in [6.45, 7) is 11.9. The number of nitrogens with one attached hydrogen (secondary N) is 3. The molecule has 0 aliphatic carbocycles. The zero-order valence-electron chi connectivity index (χ0n) is 30.7. The number of anilines is 1. The second kappa shape index (κ2) is 22.7. The fraction of sp³-hybridized carbons (Fsp3) is 0.657. The molecule has 288 valence electrons. The lowest BCUT2D eigenvalue weighted by Crippen LogP contribution is -2.45. The van der Waals surface area contributed by atoms with Crippen LogP contribution in [0.4, 0.5) is 10.5 Å². The van der Waals surface area contributed by atoms with E-state index in [-0.39, 0.29) is 72.1 Å². The highest BCUT2D eigenvalue weighted by Crippen LogP contribution is 2.26. The quantitative estimate of drug-likeness (QED) is 0.137. The molecule has 0 saturated carbocycles. The normalized spacial score (nSPS) is 14.8. The number of sulfone groups is 1. The Morgan fingerprint density at radius 1 is 0.980 bits per heavy atom. The van der Waals surface area contributed by atoms with Crippen molar-refractivity contribution in [3.63, 3.8) is 0 Å². The first-order valence-corrected chi connectivity index (χ1v) is 19.5. The summed E-state index contributed by atoms with van der Waals surface area (Å²) in [5.74, 6) is -1.87. The van der Waals surface area contributed by atoms with E-state index >= 15 is 0 Å². The van der Waals surface area contributed by atoms with Crippen LogP contribution in [0.15, 0.2) is 24.3 Å². The summed E-state index contributed by atoms with van der Waals surface area (Å²) >= 11 is 0. The fourth-order valence-electron chi connectivity index (χ4n) is 4.83. The van der Waals surface area contributed by atoms with Gasteiger partial charge >= 0.3 is 6.09 Å². The van der Waals surface area contributed by atoms with Crippen molar-refractivity contribution < 1.29 is 46.2 Å². The van der Waals surface area contributed by atoms with Crippen molar-refractivity contribution in [2.24, 2.45) is 11.8 Å². The van der Waals surface area contributed by atoms with Crippen LogP contribution in [0.3, 0.4) is 0 Å². The number of ether oxygens (including phenoxy) is 1. The molecule has 1 aliphatic heterocycles. The minimum atomic E-state index is -3.22. The Balaban J connectivity index is -0.00000402. The van der Waals surface area contributed by atoms with E-state index in [1.54, 1.807) is 24.3 Å². The van der Waals surface area contributed by atoms with Crippen molar-refractivity contribution in [2.75, 3.05) is 43.5 Å². The number of benzene rings is 1. The summed E-state index contributed by atoms with van der Waals surface area (Å²) in [4.78, 5) is 76.5. The van der Waals surface area contributed by atoms with Gasteiger partial charge in [0.25, 0.3) is 0 Å². The van der Waals surface area contributed by atoms with E-state index in [1.165, 1.54) is 23.1 Å². The Morgan fingerprint density at radius 3 is 2.18 bits per heavy atom. The molecule has 1 saturated heterocycles. The fourth-order valence-corrected chi connectivity index (χ4v) is 5.39. The summed E-state index contributed by atoms with van der Waals surface area (Å²) in [6.07, 6.45) is 4.64. The summed E-state index contributed by atoms with van der Waals surface area (Å²) < 4.78 is 28.2. The molecule has 1 fully saturated rings. The molecule has 14 nitrogen and oxygen atoms in total. The first kappa shape index (κ1) is 44.0. The number of likely N-dealkylation sites (tertiary alicyclic amines) is 1. The molecule has 0 aromatic heterocycles. The average Bonchev–Trinajstić information content (AvgIpc) is 3.33. The Hall–Kier alpha value is -4.01. The molecule has 1 aromatic rings. The van der Waals surface area contributed by atoms with Gasteiger partial charge in [-0.2, -0.15) is 0 Å². The second-order valence-electron chi connectivity index (χ2n) is 12.9. The highest BCUT2D eigenvalue weighted by atomic mass is 32.2. The average molecular weight is 730 g/mol. The van der Waals surface area contributed by atoms with Crippen LogP contribution in [-0.2, 0) is 45.2 Å². The molecule has 2 atom stereocenters. The number of carbonyl (C=O) groups is 6. The van der Waals surface area contributed by atoms with Crippen LogP contribution in [0, 0.1) is 11.8 Å². The van der Waals surface area contributed by atoms with Crippen molar-refractivity contribution in [3.8, 4) is 0 Å². The van der Waals surface area contributed by atoms with Crippen molar-refractivity contribution in [1.29, 1.82) is 0 Å². The number of nitrogens with zero attached hydrogens (tertiary/aromatic N) is 2. The topological polar surface area (TPSA) is 188 Å². The largest absolute Gasteiger partial charge is 0.445 e. The second-order valence-corrected chi connectivity index (χ2v) is 15.1. The molecule has 0 radical (unpaired) electrons. The van der Waals surface area contributed by atoms with Crippen molar-refractivity contribution in [2.45, 2.75) is 99.1 Å². The number of carbonyl (C=O) groups excluding carboxylic acids is 6. The monoisotopic (exact) mass is 729 g/mol. The maximum absolute atomic E-state index is 12.6. The van der Waals surface area contributed by atoms with Crippen LogP contribution in [0.2, 0.25) is 0 Å². The molecular weight excluding hydrogens is 666 g/mol. The molecule has 2 rings (SSSR count). The van der Waals surface area contributed by atoms with E-state index in [0.717, 1.165) is 6.26 Å². The van der Waals surface area contributed by atoms with Crippen LogP contribution < -0.4 is 16.0 Å². The molecule has 1 heterocycles. The van der Waals surface area contributed by atoms with Gasteiger partial charge in [0.15, 0.2) is 0 Å². The lowest BCUT2D eigenvalue weighted by atomic mass is 9.94. The first-order valence-electron chi connectivity index (χ1n) is 17.4. The number of hydrogen-bond acceptors (Lipinski definition) is 9. The van der Waals surface area contributed by atoms with E-state index in [4.69, 9.17) is 4.74 Å². The highest BCUT2D eigenvalue weighted by Gasteiger charge is 2.39. The molecule has 3 N–H and O–H groups in total. The molecule has 0 bridgehead atoms. The molecule has 1 aliphatic rings. The number of unbranched alkanes of at least 4 members (excludes halogenated alkanes) is 2. The van der Waals surface area contributed by atoms with Gasteiger partial charge in [0.1, 0.15) is 22.5 Å². The van der Waals surface area contributed by atoms with Crippen LogP contribution in [-0.4, -0.2) is 98.1 Å². The van der Waals surface area contributed by atoms with Gasteiger partial charge in [-0.1, -0.05) is 59.6 Å². The van der Waals surface area contributed by atoms with E-state index in [2.05, 4.69) is 29.8 Å². The predicted octanol–water partition coefficient (Wildman–Crippen LogP) is 4.39. The number of hydrogen-bond donors (Lipinski definition) is 3. The van der Waals surface area contributed by atoms with Crippen LogP contribution >= 0.6 is 0 Å². The standard InChI is InChI=1S/C32H49N5O9S.C3H8.3H2/c1-6-15-36(17-18-47(5,44)45)32(43)46-21-24-11-13-25(14-12-24)35-30(41)23(4)34-28(39)20-33-27(38)10-8-7-9-16-37-29(40)19-26(22(2)3)31(37)42;1-3-2;;;/h11-14,22-23,26H,6-10,15-21H2,1-5H3,(H,33,38)(H,34,39)(H,35,41);3H2,1-2H3;3*1H/t23-,26?;;;;/m0..../s1. The van der Waals surface area contributed by atoms with Gasteiger partial charge in [0.05, 0.1) is 12.3 Å². The van der Waals surface area contributed by atoms with Crippen molar-refractivity contribution >= 4 is 51.2 Å². The molecule has 0 spiro atoms. The van der Waals surface area contributed by atoms with E-state index in [1.807, 2.05) is 20.8 Å². The Kier molecular flexibility index (Phi) is 19.9. The first-order chi connectivity index (χ1) is 23.5. The minimum Gasteiger partial charge on any atom is -0.445 e. The van der Waals surface area contributed by atoms with Gasteiger partial charge in [0, 0.05) is 54.6 Å². The van der Waals surface area contributed by atoms with E-state index in [9.17, 15) is 37.2 Å². The van der Waals surface area contributed by atoms with Crippen molar-refractivity contribution in [1.82, 2.24) is 20.4 Å². The van der Waals surface area contributed by atoms with Crippen LogP contribution in [0.5, 0.6) is 0 Å². The van der Waals surface area contributed by atoms with Gasteiger partial charge < -0.3 is 25.6 Å². The SMILES string of the molecule is CCC.CCCN(CCS(C)(=O)=O)C(=O)OCc1ccc(NC(=O)[C@H](C)NC(=O)CNC(=O)CCCCCN2C(=O)CC(C(C)C)C2=O)cc1.[HH].[HH].[HH]. The highest BCUT2D eigenvalue weighted by molar-refractivity contribution is 7.90. The number of amides is 6. The van der Waals surface area contributed by atoms with Gasteiger partial charge in [0.2, 0.25) is 29.5 Å². The summed E-state index contributed by atoms with van der Waals surface area (Å²) in [7, 11) is -3.22. The van der Waals surface area contributed by atoms with Gasteiger partial charge in [-0.25, -0.2) is 13.2 Å². The number of rotatable bonds is 19. The van der Waals surface area contributed by atoms with Gasteiger partial charge in [-0.3, -0.25) is 28.9 Å². The Bertz CT molecular complexity index is 1400. The minimum absolute atomic E-state index is 0. The third-order valence-electron chi connectivity index (χ3n) is 7.65. The van der Waals surface area contributed by atoms with E-state index < -0.39 is 33.8 Å². The number of imide groups is 1. The molecule has 1 aromatic carbocycles. The van der Waals surface area contributed by atoms with E-state index in [0.29, 0.717) is 50.0 Å². The van der Waals surface area contributed by atoms with Crippen LogP contribution in [0.25, 0.3) is 0 Å². The molecule has 50 heavy (non-hydrogen) atoms. The molecule has 6 amide bonds. The smallest absolute Gasteiger partial charge is 0.410 e. The maximum atomic E-state index is 12.6.